The molecule has 0 bridgehead atoms. The van der Waals surface area contributed by atoms with Gasteiger partial charge < -0.3 is 18.9 Å². The molecular weight excluding hydrogens is 592 g/mol. The van der Waals surface area contributed by atoms with Gasteiger partial charge in [0.15, 0.2) is 0 Å². The SMILES string of the molecule is CCCCCCCCOc1ccc(C(=O)Oc2ccc(OC(=O)c3ccc(OCCCCCCCC)cc3)c(C(=O)Cl)c2)cc1. The van der Waals surface area contributed by atoms with Crippen molar-refractivity contribution in [1.82, 2.24) is 0 Å². The van der Waals surface area contributed by atoms with Crippen molar-refractivity contribution in [2.24, 2.45) is 0 Å². The molecule has 45 heavy (non-hydrogen) atoms. The lowest BCUT2D eigenvalue weighted by atomic mass is 10.1. The Balaban J connectivity index is 1.50. The first kappa shape index (κ1) is 35.6. The lowest BCUT2D eigenvalue weighted by Crippen LogP contribution is -2.12. The van der Waals surface area contributed by atoms with E-state index in [0.717, 1.165) is 25.7 Å². The van der Waals surface area contributed by atoms with Crippen molar-refractivity contribution in [2.75, 3.05) is 13.2 Å². The van der Waals surface area contributed by atoms with Crippen LogP contribution in [0.5, 0.6) is 23.0 Å². The quantitative estimate of drug-likeness (QED) is 0.0497. The van der Waals surface area contributed by atoms with Crippen LogP contribution in [-0.2, 0) is 0 Å². The number of benzene rings is 3. The van der Waals surface area contributed by atoms with E-state index in [-0.39, 0.29) is 22.6 Å². The summed E-state index contributed by atoms with van der Waals surface area (Å²) in [5.74, 6) is 0.0955. The van der Waals surface area contributed by atoms with Crippen molar-refractivity contribution < 1.29 is 33.3 Å². The van der Waals surface area contributed by atoms with Crippen LogP contribution >= 0.6 is 11.6 Å². The van der Waals surface area contributed by atoms with Crippen molar-refractivity contribution in [2.45, 2.75) is 90.9 Å². The van der Waals surface area contributed by atoms with E-state index in [9.17, 15) is 14.4 Å². The topological polar surface area (TPSA) is 88.1 Å². The first-order valence-corrected chi connectivity index (χ1v) is 16.5. The number of hydrogen-bond donors (Lipinski definition) is 0. The predicted molar refractivity (Wildman–Crippen MR) is 177 cm³/mol. The number of halogens is 1. The summed E-state index contributed by atoms with van der Waals surface area (Å²) >= 11 is 5.78. The highest BCUT2D eigenvalue weighted by atomic mass is 35.5. The minimum atomic E-state index is -0.860. The van der Waals surface area contributed by atoms with Crippen LogP contribution in [0.2, 0.25) is 0 Å². The molecule has 3 aromatic rings. The molecule has 0 fully saturated rings. The Kier molecular flexibility index (Phi) is 16.0. The summed E-state index contributed by atoms with van der Waals surface area (Å²) in [6.07, 6.45) is 14.1. The van der Waals surface area contributed by atoms with Crippen LogP contribution in [0.1, 0.15) is 122 Å². The number of ether oxygens (including phenoxy) is 4. The zero-order chi connectivity index (χ0) is 32.3. The largest absolute Gasteiger partial charge is 0.494 e. The summed E-state index contributed by atoms with van der Waals surface area (Å²) in [7, 11) is 0. The van der Waals surface area contributed by atoms with Gasteiger partial charge in [-0.3, -0.25) is 4.79 Å². The maximum atomic E-state index is 12.8. The summed E-state index contributed by atoms with van der Waals surface area (Å²) in [6, 6.07) is 17.4. The molecule has 3 rings (SSSR count). The summed E-state index contributed by atoms with van der Waals surface area (Å²) in [6.45, 7) is 5.64. The number of carbonyl (C=O) groups is 3. The molecule has 0 saturated heterocycles. The van der Waals surface area contributed by atoms with Gasteiger partial charge >= 0.3 is 11.9 Å². The average molecular weight is 637 g/mol. The highest BCUT2D eigenvalue weighted by Crippen LogP contribution is 2.28. The zero-order valence-electron chi connectivity index (χ0n) is 26.5. The average Bonchev–Trinajstić information content (AvgIpc) is 3.05. The molecule has 8 heteroatoms. The van der Waals surface area contributed by atoms with Gasteiger partial charge in [-0.05, 0) is 91.2 Å². The molecule has 0 aliphatic heterocycles. The van der Waals surface area contributed by atoms with Crippen LogP contribution < -0.4 is 18.9 Å². The van der Waals surface area contributed by atoms with E-state index in [2.05, 4.69) is 13.8 Å². The van der Waals surface area contributed by atoms with E-state index in [1.54, 1.807) is 48.5 Å². The van der Waals surface area contributed by atoms with Gasteiger partial charge in [-0.15, -0.1) is 0 Å². The molecule has 0 atom stereocenters. The Morgan fingerprint density at radius 1 is 0.533 bits per heavy atom. The lowest BCUT2D eigenvalue weighted by Gasteiger charge is -2.11. The Morgan fingerprint density at radius 2 is 0.956 bits per heavy atom. The molecule has 0 amide bonds. The standard InChI is InChI=1S/C37H45ClO7/c1-3-5-7-9-11-13-25-42-30-19-15-28(16-20-30)36(40)44-32-23-24-34(33(27-32)35(38)39)45-37(41)29-17-21-31(22-18-29)43-26-14-12-10-8-6-4-2/h15-24,27H,3-14,25-26H2,1-2H3. The molecule has 0 unspecified atom stereocenters. The molecule has 0 aromatic heterocycles. The Hall–Kier alpha value is -3.84. The number of rotatable bonds is 21. The number of hydrogen-bond acceptors (Lipinski definition) is 7. The fraction of sp³-hybridized carbons (Fsp3) is 0.432. The zero-order valence-corrected chi connectivity index (χ0v) is 27.2. The first-order chi connectivity index (χ1) is 21.9. The fourth-order valence-electron chi connectivity index (χ4n) is 4.66. The molecule has 0 heterocycles. The minimum Gasteiger partial charge on any atom is -0.494 e. The van der Waals surface area contributed by atoms with E-state index in [1.165, 1.54) is 69.6 Å². The molecule has 0 N–H and O–H groups in total. The van der Waals surface area contributed by atoms with Crippen molar-refractivity contribution >= 4 is 28.8 Å². The van der Waals surface area contributed by atoms with Gasteiger partial charge in [-0.1, -0.05) is 78.1 Å². The maximum Gasteiger partial charge on any atom is 0.343 e. The molecule has 0 aliphatic rings. The Labute approximate surface area is 272 Å². The highest BCUT2D eigenvalue weighted by molar-refractivity contribution is 6.68. The van der Waals surface area contributed by atoms with Crippen molar-refractivity contribution in [3.05, 3.63) is 83.4 Å². The number of esters is 2. The molecule has 3 aromatic carbocycles. The van der Waals surface area contributed by atoms with Crippen LogP contribution in [0.15, 0.2) is 66.7 Å². The van der Waals surface area contributed by atoms with Crippen molar-refractivity contribution in [3.63, 3.8) is 0 Å². The molecule has 0 aliphatic carbocycles. The van der Waals surface area contributed by atoms with Crippen molar-refractivity contribution in [1.29, 1.82) is 0 Å². The molecule has 0 spiro atoms. The van der Waals surface area contributed by atoms with Crippen LogP contribution in [0.4, 0.5) is 0 Å². The molecule has 0 saturated carbocycles. The smallest absolute Gasteiger partial charge is 0.343 e. The van der Waals surface area contributed by atoms with Gasteiger partial charge in [-0.25, -0.2) is 9.59 Å². The number of unbranched alkanes of at least 4 members (excludes halogenated alkanes) is 10. The third-order valence-electron chi connectivity index (χ3n) is 7.29. The van der Waals surface area contributed by atoms with E-state index in [4.69, 9.17) is 30.5 Å². The van der Waals surface area contributed by atoms with Crippen LogP contribution in [0, 0.1) is 0 Å². The minimum absolute atomic E-state index is 0.0462. The van der Waals surface area contributed by atoms with Gasteiger partial charge in [-0.2, -0.15) is 0 Å². The summed E-state index contributed by atoms with van der Waals surface area (Å²) in [5.41, 5.74) is 0.494. The van der Waals surface area contributed by atoms with E-state index >= 15 is 0 Å². The van der Waals surface area contributed by atoms with Gasteiger partial charge in [0.1, 0.15) is 23.0 Å². The fourth-order valence-corrected chi connectivity index (χ4v) is 4.81. The van der Waals surface area contributed by atoms with E-state index in [0.29, 0.717) is 30.3 Å². The second kappa shape index (κ2) is 20.2. The molecule has 7 nitrogen and oxygen atoms in total. The Bertz CT molecular complexity index is 1340. The van der Waals surface area contributed by atoms with Gasteiger partial charge in [0.25, 0.3) is 5.24 Å². The first-order valence-electron chi connectivity index (χ1n) is 16.1. The normalized spacial score (nSPS) is 10.7. The molecular formula is C37H45ClO7. The second-order valence-electron chi connectivity index (χ2n) is 11.0. The van der Waals surface area contributed by atoms with Crippen molar-refractivity contribution in [3.8, 4) is 23.0 Å². The summed E-state index contributed by atoms with van der Waals surface area (Å²) < 4.78 is 22.5. The maximum absolute atomic E-state index is 12.8. The molecule has 242 valence electrons. The van der Waals surface area contributed by atoms with Gasteiger partial charge in [0.2, 0.25) is 0 Å². The van der Waals surface area contributed by atoms with Gasteiger partial charge in [0.05, 0.1) is 29.9 Å². The monoisotopic (exact) mass is 636 g/mol. The van der Waals surface area contributed by atoms with Gasteiger partial charge in [0, 0.05) is 0 Å². The third-order valence-corrected chi connectivity index (χ3v) is 7.49. The second-order valence-corrected chi connectivity index (χ2v) is 11.3. The third kappa shape index (κ3) is 13.0. The lowest BCUT2D eigenvalue weighted by molar-refractivity contribution is 0.0717. The van der Waals surface area contributed by atoms with Crippen LogP contribution in [0.25, 0.3) is 0 Å². The Morgan fingerprint density at radius 3 is 1.42 bits per heavy atom. The van der Waals surface area contributed by atoms with E-state index < -0.39 is 17.2 Å². The highest BCUT2D eigenvalue weighted by Gasteiger charge is 2.18. The van der Waals surface area contributed by atoms with E-state index in [1.807, 2.05) is 0 Å². The molecule has 0 radical (unpaired) electrons. The predicted octanol–water partition coefficient (Wildman–Crippen LogP) is 9.98. The summed E-state index contributed by atoms with van der Waals surface area (Å²) in [4.78, 5) is 37.7. The van der Waals surface area contributed by atoms with Crippen LogP contribution in [0.3, 0.4) is 0 Å². The number of carbonyl (C=O) groups excluding carboxylic acids is 3. The summed E-state index contributed by atoms with van der Waals surface area (Å²) in [5, 5.41) is -0.860. The van der Waals surface area contributed by atoms with Crippen LogP contribution in [-0.4, -0.2) is 30.4 Å².